The minimum Gasteiger partial charge on any atom is -0.458 e. The van der Waals surface area contributed by atoms with Crippen LogP contribution in [0.3, 0.4) is 0 Å². The fraction of sp³-hybridized carbons (Fsp3) is 0.738. The van der Waals surface area contributed by atoms with Crippen LogP contribution in [0.4, 0.5) is 0 Å². The lowest BCUT2D eigenvalue weighted by atomic mass is 9.62. The normalized spacial score (nSPS) is 34.2. The Balaban J connectivity index is 1.29. The van der Waals surface area contributed by atoms with Crippen LogP contribution in [-0.2, 0) is 49.5 Å². The Morgan fingerprint density at radius 1 is 1.00 bits per heavy atom. The number of carbonyl (C=O) groups is 3. The first-order valence-electron chi connectivity index (χ1n) is 21.4. The Bertz CT molecular complexity index is 1640. The number of benzene rings is 1. The number of hydroxylamine groups is 2. The molecule has 0 radical (unpaired) electrons. The van der Waals surface area contributed by atoms with Crippen molar-refractivity contribution in [2.24, 2.45) is 5.41 Å². The summed E-state index contributed by atoms with van der Waals surface area (Å²) in [6.45, 7) is 4.46. The maximum Gasteiger partial charge on any atom is 0.327 e. The smallest absolute Gasteiger partial charge is 0.327 e. The van der Waals surface area contributed by atoms with Gasteiger partial charge in [-0.2, -0.15) is 5.06 Å². The van der Waals surface area contributed by atoms with Crippen LogP contribution in [0.5, 0.6) is 0 Å². The number of esters is 1. The second-order valence-corrected chi connectivity index (χ2v) is 16.6. The van der Waals surface area contributed by atoms with Crippen molar-refractivity contribution in [3.05, 3.63) is 41.5 Å². The molecule has 1 saturated carbocycles. The van der Waals surface area contributed by atoms with Crippen molar-refractivity contribution in [3.8, 4) is 0 Å². The molecule has 336 valence electrons. The number of amides is 2. The number of aliphatic hydroxyl groups excluding tert-OH is 6. The first kappa shape index (κ1) is 46.4. The molecule has 4 heterocycles. The van der Waals surface area contributed by atoms with Gasteiger partial charge in [0, 0.05) is 25.8 Å². The highest BCUT2D eigenvalue weighted by molar-refractivity contribution is 5.96. The van der Waals surface area contributed by atoms with Gasteiger partial charge >= 0.3 is 5.97 Å². The fourth-order valence-electron chi connectivity index (χ4n) is 9.21. The van der Waals surface area contributed by atoms with Crippen molar-refractivity contribution >= 4 is 23.9 Å². The molecule has 0 aromatic heterocycles. The zero-order valence-electron chi connectivity index (χ0n) is 34.6. The lowest BCUT2D eigenvalue weighted by molar-refractivity contribution is -0.298. The predicted octanol–water partition coefficient (Wildman–Crippen LogP) is -0.0688. The molecule has 6 rings (SSSR count). The van der Waals surface area contributed by atoms with Crippen LogP contribution in [0.2, 0.25) is 0 Å². The number of hydrogen-bond donors (Lipinski definition) is 8. The molecule has 5 aliphatic rings. The van der Waals surface area contributed by atoms with Crippen LogP contribution in [0, 0.1) is 5.41 Å². The van der Waals surface area contributed by atoms with Crippen molar-refractivity contribution in [1.29, 1.82) is 0 Å². The topological polar surface area (TPSA) is 255 Å². The third-order valence-corrected chi connectivity index (χ3v) is 12.3. The molecule has 60 heavy (non-hydrogen) atoms. The van der Waals surface area contributed by atoms with Gasteiger partial charge in [-0.1, -0.05) is 75.9 Å². The van der Waals surface area contributed by atoms with Crippen LogP contribution in [0.1, 0.15) is 89.7 Å². The minimum absolute atomic E-state index is 0.00254. The number of carbonyl (C=O) groups excluding carboxylic acids is 3. The summed E-state index contributed by atoms with van der Waals surface area (Å²) < 4.78 is 31.0. The number of fused-ring (bicyclic) bond motifs is 4. The Hall–Kier alpha value is -3.11. The van der Waals surface area contributed by atoms with Crippen LogP contribution < -0.4 is 10.6 Å². The van der Waals surface area contributed by atoms with Crippen LogP contribution in [0.25, 0.3) is 6.08 Å². The van der Waals surface area contributed by atoms with Gasteiger partial charge in [-0.3, -0.25) is 19.2 Å². The maximum atomic E-state index is 14.9. The van der Waals surface area contributed by atoms with Gasteiger partial charge in [-0.15, -0.1) is 0 Å². The summed E-state index contributed by atoms with van der Waals surface area (Å²) in [6.07, 6.45) is -1.74. The number of ether oxygens (including phenoxy) is 5. The molecular weight excluding hydrogens is 786 g/mol. The summed E-state index contributed by atoms with van der Waals surface area (Å²) in [5, 5.41) is 66.8. The second-order valence-electron chi connectivity index (χ2n) is 16.6. The van der Waals surface area contributed by atoms with Gasteiger partial charge in [-0.25, -0.2) is 0 Å². The fourth-order valence-corrected chi connectivity index (χ4v) is 9.21. The summed E-state index contributed by atoms with van der Waals surface area (Å²) >= 11 is 0. The molecule has 2 bridgehead atoms. The zero-order chi connectivity index (χ0) is 43.2. The van der Waals surface area contributed by atoms with Crippen molar-refractivity contribution in [2.45, 2.75) is 164 Å². The van der Waals surface area contributed by atoms with E-state index in [-0.39, 0.29) is 32.7 Å². The van der Waals surface area contributed by atoms with Gasteiger partial charge in [0.1, 0.15) is 60.3 Å². The molecule has 4 saturated heterocycles. The van der Waals surface area contributed by atoms with E-state index in [1.807, 2.05) is 18.2 Å². The third kappa shape index (κ3) is 9.45. The van der Waals surface area contributed by atoms with Crippen molar-refractivity contribution in [2.75, 3.05) is 26.4 Å². The van der Waals surface area contributed by atoms with Gasteiger partial charge in [0.15, 0.2) is 18.1 Å². The molecule has 2 amide bonds. The molecular formula is C42H63N3O15. The molecule has 4 aliphatic heterocycles. The van der Waals surface area contributed by atoms with Crippen LogP contribution in [0.15, 0.2) is 30.3 Å². The third-order valence-electron chi connectivity index (χ3n) is 12.3. The summed E-state index contributed by atoms with van der Waals surface area (Å²) in [5.74, 6) is -3.10. The molecule has 1 aromatic carbocycles. The van der Waals surface area contributed by atoms with E-state index < -0.39 is 109 Å². The Kier molecular flexibility index (Phi) is 15.8. The molecule has 18 nitrogen and oxygen atoms in total. The van der Waals surface area contributed by atoms with E-state index in [4.69, 9.17) is 28.5 Å². The predicted molar refractivity (Wildman–Crippen MR) is 211 cm³/mol. The monoisotopic (exact) mass is 849 g/mol. The number of hydrogen-bond acceptors (Lipinski definition) is 16. The number of aliphatic hydroxyl groups is 6. The summed E-state index contributed by atoms with van der Waals surface area (Å²) in [4.78, 5) is 49.1. The quantitative estimate of drug-likeness (QED) is 0.0595. The molecule has 1 aromatic rings. The van der Waals surface area contributed by atoms with Crippen LogP contribution in [-0.4, -0.2) is 159 Å². The Morgan fingerprint density at radius 2 is 1.70 bits per heavy atom. The highest BCUT2D eigenvalue weighted by atomic mass is 16.8. The molecule has 5 fully saturated rings. The highest BCUT2D eigenvalue weighted by Gasteiger charge is 2.76. The highest BCUT2D eigenvalue weighted by Crippen LogP contribution is 2.58. The summed E-state index contributed by atoms with van der Waals surface area (Å²) in [7, 11) is 0. The van der Waals surface area contributed by atoms with Gasteiger partial charge in [0.2, 0.25) is 11.8 Å². The van der Waals surface area contributed by atoms with E-state index in [2.05, 4.69) is 24.5 Å². The van der Waals surface area contributed by atoms with Gasteiger partial charge in [0.25, 0.3) is 0 Å². The number of rotatable bonds is 21. The standard InChI is InChI=1S/C42H63N3O15/c1-4-6-10-16-41(17-11-7-5-2)58-33-27-21-42(40(54)44-29(24(3)48)37(52)43-18-19-46)35(38(53)56-27)45(60-36(42)34(33)59-41)22-26-14-9-8-13-25(26)15-12-20-55-39-32(51)31(50)30(49)28(23-47)57-39/h8-9,12-15,24,27-36,39,46-51H,4-7,10-11,16-23H2,1-3H3,(H,43,52)(H,44,54)/t24-,27+,28+,29+,30-,31-,32+,33-,34-,35+,36+,39-,42+/m0/s1. The molecule has 0 spiro atoms. The van der Waals surface area contributed by atoms with E-state index in [0.29, 0.717) is 24.0 Å². The largest absolute Gasteiger partial charge is 0.458 e. The van der Waals surface area contributed by atoms with Gasteiger partial charge in [0.05, 0.1) is 32.5 Å². The first-order chi connectivity index (χ1) is 28.8. The number of nitrogens with zero attached hydrogens (tertiary/aromatic N) is 1. The summed E-state index contributed by atoms with van der Waals surface area (Å²) in [5.41, 5.74) is -0.264. The average Bonchev–Trinajstić information content (AvgIpc) is 3.79. The average molecular weight is 850 g/mol. The lowest BCUT2D eigenvalue weighted by Gasteiger charge is -2.49. The van der Waals surface area contributed by atoms with E-state index in [1.165, 1.54) is 12.0 Å². The molecule has 0 unspecified atom stereocenters. The van der Waals surface area contributed by atoms with Gasteiger partial charge < -0.3 is 65.0 Å². The van der Waals surface area contributed by atoms with E-state index in [1.54, 1.807) is 18.2 Å². The lowest BCUT2D eigenvalue weighted by Crippen LogP contribution is -2.71. The number of unbranched alkanes of at least 4 members (excludes halogenated alkanes) is 4. The minimum atomic E-state index is -1.64. The van der Waals surface area contributed by atoms with Gasteiger partial charge in [-0.05, 0) is 30.9 Å². The SMILES string of the molecule is CCCCCC1(CCCCC)O[C@@H]2[C@H](O1)[C@H]1ON(Cc3ccccc3C=CCO[C@H]3O[C@H](CO)[C@H](O)[C@H](O)[C@H]3O)[C@@H]3C(=O)O[C@@H]2C[C@]13C(=O)N[C@@H](C(=O)NCCO)[C@H](C)O. The van der Waals surface area contributed by atoms with Crippen molar-refractivity contribution < 1.29 is 73.5 Å². The second kappa shape index (κ2) is 20.4. The van der Waals surface area contributed by atoms with Crippen molar-refractivity contribution in [3.63, 3.8) is 0 Å². The number of nitrogens with one attached hydrogen (secondary N) is 2. The molecule has 18 heteroatoms. The summed E-state index contributed by atoms with van der Waals surface area (Å²) in [6, 6.07) is 4.56. The Morgan fingerprint density at radius 3 is 2.37 bits per heavy atom. The molecule has 8 N–H and O–H groups in total. The molecule has 13 atom stereocenters. The van der Waals surface area contributed by atoms with Crippen LogP contribution >= 0.6 is 0 Å². The van der Waals surface area contributed by atoms with E-state index >= 15 is 0 Å². The first-order valence-corrected chi connectivity index (χ1v) is 21.4. The van der Waals surface area contributed by atoms with E-state index in [0.717, 1.165) is 38.5 Å². The maximum absolute atomic E-state index is 14.9. The zero-order valence-corrected chi connectivity index (χ0v) is 34.6. The van der Waals surface area contributed by atoms with Crippen molar-refractivity contribution in [1.82, 2.24) is 15.7 Å². The Labute approximate surface area is 350 Å². The molecule has 1 aliphatic carbocycles. The van der Waals surface area contributed by atoms with E-state index in [9.17, 15) is 45.0 Å².